The summed E-state index contributed by atoms with van der Waals surface area (Å²) in [6.45, 7) is 3.46. The second kappa shape index (κ2) is 8.20. The maximum atomic E-state index is 15.1. The number of benzene rings is 1. The topological polar surface area (TPSA) is 114 Å². The Hall–Kier alpha value is -4.93. The van der Waals surface area contributed by atoms with Gasteiger partial charge in [-0.15, -0.1) is 0 Å². The number of pyridine rings is 1. The van der Waals surface area contributed by atoms with Gasteiger partial charge < -0.3 is 10.5 Å². The summed E-state index contributed by atoms with van der Waals surface area (Å²) in [6.07, 6.45) is 5.49. The number of nitrogen functional groups attached to an aromatic ring is 1. The Labute approximate surface area is 190 Å². The second-order valence-corrected chi connectivity index (χ2v) is 7.06. The first-order chi connectivity index (χ1) is 16.5. The van der Waals surface area contributed by atoms with Gasteiger partial charge in [-0.2, -0.15) is 14.5 Å². The van der Waals surface area contributed by atoms with Crippen LogP contribution in [0.15, 0.2) is 73.8 Å². The molecule has 4 aromatic heterocycles. The van der Waals surface area contributed by atoms with Crippen molar-refractivity contribution < 1.29 is 18.3 Å². The van der Waals surface area contributed by atoms with Crippen LogP contribution >= 0.6 is 0 Å². The zero-order valence-corrected chi connectivity index (χ0v) is 17.4. The van der Waals surface area contributed by atoms with Crippen molar-refractivity contribution in [2.45, 2.75) is 0 Å². The van der Waals surface area contributed by atoms with Crippen LogP contribution in [0.25, 0.3) is 28.0 Å². The Balaban J connectivity index is 1.60. The van der Waals surface area contributed by atoms with Gasteiger partial charge in [0, 0.05) is 18.5 Å². The molecule has 0 aliphatic heterocycles. The summed E-state index contributed by atoms with van der Waals surface area (Å²) < 4.78 is 37.0. The summed E-state index contributed by atoms with van der Waals surface area (Å²) >= 11 is 0. The van der Waals surface area contributed by atoms with E-state index in [2.05, 4.69) is 26.6 Å². The van der Waals surface area contributed by atoms with Crippen molar-refractivity contribution in [2.75, 3.05) is 5.73 Å². The molecule has 0 unspecified atom stereocenters. The van der Waals surface area contributed by atoms with Gasteiger partial charge >= 0.3 is 0 Å². The van der Waals surface area contributed by atoms with Crippen LogP contribution in [0.3, 0.4) is 0 Å². The van der Waals surface area contributed by atoms with Crippen LogP contribution in [-0.2, 0) is 0 Å². The van der Waals surface area contributed by atoms with Gasteiger partial charge in [-0.1, -0.05) is 18.7 Å². The monoisotopic (exact) mass is 459 g/mol. The molecule has 0 spiro atoms. The van der Waals surface area contributed by atoms with Gasteiger partial charge in [-0.05, 0) is 30.3 Å². The standard InChI is InChI=1S/C23H15F2N7O2/c1-2-18(33)31-10-9-13(11-31)32-23-19(22(26)27-12-28-23)20(30-32)14-7-8-17(29-21(14)25)34-16-6-4-3-5-15(16)24/h2-12H,1H2,(H2,26,27,28). The van der Waals surface area contributed by atoms with Crippen LogP contribution in [0, 0.1) is 11.8 Å². The number of nitrogens with zero attached hydrogens (tertiary/aromatic N) is 6. The van der Waals surface area contributed by atoms with E-state index in [-0.39, 0.29) is 34.6 Å². The first-order valence-corrected chi connectivity index (χ1v) is 9.90. The van der Waals surface area contributed by atoms with E-state index in [0.29, 0.717) is 16.7 Å². The maximum absolute atomic E-state index is 15.1. The molecule has 34 heavy (non-hydrogen) atoms. The van der Waals surface area contributed by atoms with E-state index in [1.807, 2.05) is 0 Å². The van der Waals surface area contributed by atoms with Crippen LogP contribution in [0.2, 0.25) is 0 Å². The predicted octanol–water partition coefficient (Wildman–Crippen LogP) is 4.16. The highest BCUT2D eigenvalue weighted by atomic mass is 19.1. The molecule has 0 amide bonds. The Kier molecular flexibility index (Phi) is 5.05. The lowest BCUT2D eigenvalue weighted by atomic mass is 10.1. The molecule has 9 nitrogen and oxygen atoms in total. The van der Waals surface area contributed by atoms with Crippen molar-refractivity contribution in [1.82, 2.24) is 29.3 Å². The zero-order chi connectivity index (χ0) is 23.8. The number of carbonyl (C=O) groups is 1. The number of fused-ring (bicyclic) bond motifs is 1. The summed E-state index contributed by atoms with van der Waals surface area (Å²) in [7, 11) is 0. The molecule has 2 N–H and O–H groups in total. The lowest BCUT2D eigenvalue weighted by molar-refractivity contribution is 0.0969. The first-order valence-electron chi connectivity index (χ1n) is 9.90. The van der Waals surface area contributed by atoms with Gasteiger partial charge in [0.25, 0.3) is 5.91 Å². The molecule has 0 saturated carbocycles. The fraction of sp³-hybridized carbons (Fsp3) is 0. The third kappa shape index (κ3) is 3.54. The van der Waals surface area contributed by atoms with Crippen molar-refractivity contribution >= 4 is 22.8 Å². The van der Waals surface area contributed by atoms with Crippen molar-refractivity contribution in [1.29, 1.82) is 0 Å². The molecule has 0 fully saturated rings. The van der Waals surface area contributed by atoms with Crippen molar-refractivity contribution in [3.05, 3.63) is 85.6 Å². The highest BCUT2D eigenvalue weighted by molar-refractivity contribution is 5.99. The van der Waals surface area contributed by atoms with Gasteiger partial charge in [-0.3, -0.25) is 9.36 Å². The minimum absolute atomic E-state index is 0.00716. The Bertz CT molecular complexity index is 1580. The van der Waals surface area contributed by atoms with E-state index >= 15 is 4.39 Å². The van der Waals surface area contributed by atoms with Crippen molar-refractivity contribution in [3.8, 4) is 28.6 Å². The second-order valence-electron chi connectivity index (χ2n) is 7.06. The molecule has 0 aliphatic rings. The molecule has 1 aromatic carbocycles. The number of ether oxygens (including phenoxy) is 1. The van der Waals surface area contributed by atoms with E-state index in [4.69, 9.17) is 10.5 Å². The molecule has 11 heteroatoms. The first kappa shape index (κ1) is 20.9. The zero-order valence-electron chi connectivity index (χ0n) is 17.4. The maximum Gasteiger partial charge on any atom is 0.254 e. The molecule has 5 aromatic rings. The van der Waals surface area contributed by atoms with Crippen LogP contribution in [0.5, 0.6) is 11.6 Å². The quantitative estimate of drug-likeness (QED) is 0.310. The van der Waals surface area contributed by atoms with E-state index in [1.165, 1.54) is 64.4 Å². The molecule has 0 radical (unpaired) electrons. The number of allylic oxidation sites excluding steroid dienone is 1. The van der Waals surface area contributed by atoms with E-state index in [0.717, 1.165) is 0 Å². The highest BCUT2D eigenvalue weighted by Crippen LogP contribution is 2.34. The van der Waals surface area contributed by atoms with E-state index in [1.54, 1.807) is 12.1 Å². The van der Waals surface area contributed by atoms with Gasteiger partial charge in [0.15, 0.2) is 17.2 Å². The van der Waals surface area contributed by atoms with Crippen LogP contribution in [-0.4, -0.2) is 35.2 Å². The average Bonchev–Trinajstić information content (AvgIpc) is 3.46. The molecule has 5 rings (SSSR count). The van der Waals surface area contributed by atoms with Crippen LogP contribution in [0.1, 0.15) is 4.79 Å². The largest absolute Gasteiger partial charge is 0.436 e. The fourth-order valence-corrected chi connectivity index (χ4v) is 3.39. The number of nitrogens with two attached hydrogens (primary N) is 1. The normalized spacial score (nSPS) is 11.0. The lowest BCUT2D eigenvalue weighted by Gasteiger charge is -2.07. The minimum Gasteiger partial charge on any atom is -0.436 e. The summed E-state index contributed by atoms with van der Waals surface area (Å²) in [5.41, 5.74) is 7.00. The van der Waals surface area contributed by atoms with Gasteiger partial charge in [0.2, 0.25) is 11.8 Å². The van der Waals surface area contributed by atoms with Crippen molar-refractivity contribution in [2.24, 2.45) is 0 Å². The summed E-state index contributed by atoms with van der Waals surface area (Å²) in [4.78, 5) is 23.9. The minimum atomic E-state index is -0.914. The smallest absolute Gasteiger partial charge is 0.254 e. The van der Waals surface area contributed by atoms with Crippen molar-refractivity contribution in [3.63, 3.8) is 0 Å². The summed E-state index contributed by atoms with van der Waals surface area (Å²) in [6, 6.07) is 10.1. The number of anilines is 1. The molecule has 0 atom stereocenters. The average molecular weight is 459 g/mol. The molecular weight excluding hydrogens is 444 g/mol. The Morgan fingerprint density at radius 2 is 1.94 bits per heavy atom. The molecule has 168 valence electrons. The summed E-state index contributed by atoms with van der Waals surface area (Å²) in [5, 5.41) is 4.78. The van der Waals surface area contributed by atoms with E-state index < -0.39 is 11.8 Å². The lowest BCUT2D eigenvalue weighted by Crippen LogP contribution is -2.04. The number of para-hydroxylation sites is 1. The number of hydrogen-bond acceptors (Lipinski definition) is 7. The fourth-order valence-electron chi connectivity index (χ4n) is 3.39. The van der Waals surface area contributed by atoms with Crippen LogP contribution in [0.4, 0.5) is 14.6 Å². The third-order valence-electron chi connectivity index (χ3n) is 4.97. The predicted molar refractivity (Wildman–Crippen MR) is 120 cm³/mol. The Morgan fingerprint density at radius 1 is 1.12 bits per heavy atom. The third-order valence-corrected chi connectivity index (χ3v) is 4.97. The molecule has 0 saturated heterocycles. The highest BCUT2D eigenvalue weighted by Gasteiger charge is 2.22. The Morgan fingerprint density at radius 3 is 2.71 bits per heavy atom. The van der Waals surface area contributed by atoms with Crippen LogP contribution < -0.4 is 10.5 Å². The molecule has 0 bridgehead atoms. The molecule has 4 heterocycles. The summed E-state index contributed by atoms with van der Waals surface area (Å²) in [5.74, 6) is -2.00. The van der Waals surface area contributed by atoms with Gasteiger partial charge in [-0.25, -0.2) is 19.0 Å². The number of hydrogen-bond donors (Lipinski definition) is 1. The van der Waals surface area contributed by atoms with Gasteiger partial charge in [0.1, 0.15) is 17.8 Å². The van der Waals surface area contributed by atoms with E-state index in [9.17, 15) is 9.18 Å². The SMILES string of the molecule is C=CC(=O)n1ccc(-n2nc(-c3ccc(Oc4ccccc4F)nc3F)c3c(N)ncnc32)c1. The number of halogens is 2. The molecular formula is C23H15F2N7O2. The van der Waals surface area contributed by atoms with Gasteiger partial charge in [0.05, 0.1) is 16.6 Å². The number of aromatic nitrogens is 6. The molecule has 0 aliphatic carbocycles. The number of rotatable bonds is 5. The number of carbonyl (C=O) groups excluding carboxylic acids is 1.